The minimum atomic E-state index is 0.467. The fourth-order valence-electron chi connectivity index (χ4n) is 2.65. The molecule has 1 aliphatic heterocycles. The summed E-state index contributed by atoms with van der Waals surface area (Å²) >= 11 is 0. The normalized spacial score (nSPS) is 16.3. The Kier molecular flexibility index (Phi) is 4.83. The Morgan fingerprint density at radius 1 is 1.27 bits per heavy atom. The van der Waals surface area contributed by atoms with Crippen molar-refractivity contribution in [1.29, 1.82) is 0 Å². The Hall–Kier alpha value is -1.75. The van der Waals surface area contributed by atoms with Gasteiger partial charge in [0.15, 0.2) is 5.58 Å². The van der Waals surface area contributed by atoms with E-state index in [0.29, 0.717) is 36.5 Å². The van der Waals surface area contributed by atoms with Crippen LogP contribution in [0.15, 0.2) is 22.7 Å². The quantitative estimate of drug-likeness (QED) is 0.888. The van der Waals surface area contributed by atoms with Crippen LogP contribution in [0, 0.1) is 11.8 Å². The second-order valence-electron chi connectivity index (χ2n) is 6.33. The van der Waals surface area contributed by atoms with Crippen LogP contribution in [-0.4, -0.2) is 31.5 Å². The minimum absolute atomic E-state index is 0.467. The number of rotatable bonds is 6. The van der Waals surface area contributed by atoms with E-state index in [1.165, 1.54) is 0 Å². The van der Waals surface area contributed by atoms with Gasteiger partial charge < -0.3 is 19.3 Å². The van der Waals surface area contributed by atoms with Crippen LogP contribution < -0.4 is 14.8 Å². The molecule has 1 N–H and O–H groups in total. The Balaban J connectivity index is 1.74. The van der Waals surface area contributed by atoms with Crippen LogP contribution in [0.3, 0.4) is 0 Å². The summed E-state index contributed by atoms with van der Waals surface area (Å²) in [5.41, 5.74) is 0.710. The van der Waals surface area contributed by atoms with Gasteiger partial charge in [-0.15, -0.1) is 0 Å². The molecule has 120 valence electrons. The van der Waals surface area contributed by atoms with E-state index in [-0.39, 0.29) is 0 Å². The molecule has 1 aliphatic rings. The first-order chi connectivity index (χ1) is 10.7. The molecule has 2 aromatic rings. The lowest BCUT2D eigenvalue weighted by Gasteiger charge is -2.22. The van der Waals surface area contributed by atoms with Crippen LogP contribution >= 0.6 is 0 Å². The summed E-state index contributed by atoms with van der Waals surface area (Å²) in [4.78, 5) is 0. The standard InChI is InChI=1S/C17H24N2O3/c1-12(2)10-20-14-4-3-5-15-16(14)17(19-22-15)21-11-13-6-8-18-9-7-13/h3-5,12-13,18H,6-11H2,1-2H3. The predicted octanol–water partition coefficient (Wildman–Crippen LogP) is 3.24. The van der Waals surface area contributed by atoms with Gasteiger partial charge in [-0.3, -0.25) is 0 Å². The number of fused-ring (bicyclic) bond motifs is 1. The minimum Gasteiger partial charge on any atom is -0.492 e. The monoisotopic (exact) mass is 304 g/mol. The van der Waals surface area contributed by atoms with E-state index in [1.807, 2.05) is 18.2 Å². The molecule has 0 unspecified atom stereocenters. The molecule has 5 nitrogen and oxygen atoms in total. The first-order valence-corrected chi connectivity index (χ1v) is 8.08. The second kappa shape index (κ2) is 7.01. The molecule has 0 saturated carbocycles. The van der Waals surface area contributed by atoms with Gasteiger partial charge >= 0.3 is 0 Å². The summed E-state index contributed by atoms with van der Waals surface area (Å²) in [6.07, 6.45) is 2.29. The lowest BCUT2D eigenvalue weighted by Crippen LogP contribution is -2.30. The van der Waals surface area contributed by atoms with E-state index in [0.717, 1.165) is 37.1 Å². The second-order valence-corrected chi connectivity index (χ2v) is 6.33. The predicted molar refractivity (Wildman–Crippen MR) is 85.4 cm³/mol. The smallest absolute Gasteiger partial charge is 0.265 e. The highest BCUT2D eigenvalue weighted by molar-refractivity contribution is 5.88. The van der Waals surface area contributed by atoms with Gasteiger partial charge in [-0.05, 0) is 55.1 Å². The zero-order chi connectivity index (χ0) is 15.4. The fourth-order valence-corrected chi connectivity index (χ4v) is 2.65. The third-order valence-corrected chi connectivity index (χ3v) is 3.92. The van der Waals surface area contributed by atoms with E-state index in [9.17, 15) is 0 Å². The van der Waals surface area contributed by atoms with E-state index in [4.69, 9.17) is 14.0 Å². The topological polar surface area (TPSA) is 56.5 Å². The first kappa shape index (κ1) is 15.2. The molecule has 0 aliphatic carbocycles. The van der Waals surface area contributed by atoms with Crippen molar-refractivity contribution in [2.45, 2.75) is 26.7 Å². The van der Waals surface area contributed by atoms with Gasteiger partial charge in [0.2, 0.25) is 0 Å². The van der Waals surface area contributed by atoms with Crippen molar-refractivity contribution in [2.24, 2.45) is 11.8 Å². The van der Waals surface area contributed by atoms with Gasteiger partial charge in [0.25, 0.3) is 5.88 Å². The highest BCUT2D eigenvalue weighted by atomic mass is 16.5. The van der Waals surface area contributed by atoms with Gasteiger partial charge in [0.1, 0.15) is 11.1 Å². The molecule has 0 bridgehead atoms. The van der Waals surface area contributed by atoms with Crippen LogP contribution in [0.25, 0.3) is 11.0 Å². The molecule has 0 amide bonds. The molecular formula is C17H24N2O3. The number of hydrogen-bond donors (Lipinski definition) is 1. The van der Waals surface area contributed by atoms with Crippen molar-refractivity contribution < 1.29 is 14.0 Å². The van der Waals surface area contributed by atoms with Gasteiger partial charge in [0.05, 0.1) is 13.2 Å². The molecule has 0 radical (unpaired) electrons. The number of nitrogens with one attached hydrogen (secondary N) is 1. The molecule has 0 spiro atoms. The molecule has 3 rings (SSSR count). The number of benzene rings is 1. The van der Waals surface area contributed by atoms with Crippen molar-refractivity contribution in [1.82, 2.24) is 10.5 Å². The van der Waals surface area contributed by atoms with E-state index in [2.05, 4.69) is 24.3 Å². The average Bonchev–Trinajstić information content (AvgIpc) is 2.95. The van der Waals surface area contributed by atoms with Gasteiger partial charge in [-0.2, -0.15) is 0 Å². The van der Waals surface area contributed by atoms with Crippen LogP contribution in [0.4, 0.5) is 0 Å². The van der Waals surface area contributed by atoms with Crippen molar-refractivity contribution in [3.8, 4) is 11.6 Å². The van der Waals surface area contributed by atoms with Crippen LogP contribution in [0.2, 0.25) is 0 Å². The SMILES string of the molecule is CC(C)COc1cccc2onc(OCC3CCNCC3)c12. The maximum Gasteiger partial charge on any atom is 0.265 e. The average molecular weight is 304 g/mol. The lowest BCUT2D eigenvalue weighted by atomic mass is 9.99. The molecule has 0 atom stereocenters. The van der Waals surface area contributed by atoms with Crippen molar-refractivity contribution in [3.05, 3.63) is 18.2 Å². The molecule has 1 fully saturated rings. The molecular weight excluding hydrogens is 280 g/mol. The highest BCUT2D eigenvalue weighted by Crippen LogP contribution is 2.34. The summed E-state index contributed by atoms with van der Waals surface area (Å²) in [5, 5.41) is 8.28. The number of nitrogens with zero attached hydrogens (tertiary/aromatic N) is 1. The zero-order valence-corrected chi connectivity index (χ0v) is 13.3. The maximum atomic E-state index is 5.93. The summed E-state index contributed by atoms with van der Waals surface area (Å²) < 4.78 is 17.2. The summed E-state index contributed by atoms with van der Waals surface area (Å²) in [7, 11) is 0. The van der Waals surface area contributed by atoms with Crippen molar-refractivity contribution in [3.63, 3.8) is 0 Å². The Morgan fingerprint density at radius 3 is 2.86 bits per heavy atom. The maximum absolute atomic E-state index is 5.93. The van der Waals surface area contributed by atoms with E-state index < -0.39 is 0 Å². The van der Waals surface area contributed by atoms with Crippen LogP contribution in [-0.2, 0) is 0 Å². The highest BCUT2D eigenvalue weighted by Gasteiger charge is 2.18. The Morgan fingerprint density at radius 2 is 2.09 bits per heavy atom. The summed E-state index contributed by atoms with van der Waals surface area (Å²) in [6, 6.07) is 5.75. The van der Waals surface area contributed by atoms with E-state index >= 15 is 0 Å². The lowest BCUT2D eigenvalue weighted by molar-refractivity contribution is 0.202. The third kappa shape index (κ3) is 3.53. The molecule has 1 saturated heterocycles. The summed E-state index contributed by atoms with van der Waals surface area (Å²) in [5.74, 6) is 2.38. The van der Waals surface area contributed by atoms with Gasteiger partial charge in [-0.1, -0.05) is 19.9 Å². The number of piperidine rings is 1. The van der Waals surface area contributed by atoms with Crippen LogP contribution in [0.1, 0.15) is 26.7 Å². The first-order valence-electron chi connectivity index (χ1n) is 8.08. The Bertz CT molecular complexity index is 603. The molecule has 5 heteroatoms. The van der Waals surface area contributed by atoms with Gasteiger partial charge in [0, 0.05) is 0 Å². The zero-order valence-electron chi connectivity index (χ0n) is 13.3. The van der Waals surface area contributed by atoms with Crippen LogP contribution in [0.5, 0.6) is 11.6 Å². The molecule has 1 aromatic heterocycles. The molecule has 1 aromatic carbocycles. The number of hydrogen-bond acceptors (Lipinski definition) is 5. The third-order valence-electron chi connectivity index (χ3n) is 3.92. The molecule has 22 heavy (non-hydrogen) atoms. The fraction of sp³-hybridized carbons (Fsp3) is 0.588. The van der Waals surface area contributed by atoms with Gasteiger partial charge in [-0.25, -0.2) is 0 Å². The van der Waals surface area contributed by atoms with Crippen molar-refractivity contribution in [2.75, 3.05) is 26.3 Å². The number of ether oxygens (including phenoxy) is 2. The summed E-state index contributed by atoms with van der Waals surface area (Å²) in [6.45, 7) is 7.73. The Labute approximate surface area is 130 Å². The molecule has 2 heterocycles. The largest absolute Gasteiger partial charge is 0.492 e. The van der Waals surface area contributed by atoms with Crippen molar-refractivity contribution >= 4 is 11.0 Å². The number of aromatic nitrogens is 1. The van der Waals surface area contributed by atoms with E-state index in [1.54, 1.807) is 0 Å².